The number of anilines is 1. The molecule has 33 heavy (non-hydrogen) atoms. The topological polar surface area (TPSA) is 76.4 Å². The number of amides is 1. The average Bonchev–Trinajstić information content (AvgIpc) is 2.73. The fraction of sp³-hybridized carbons (Fsp3) is 0.522. The van der Waals surface area contributed by atoms with Gasteiger partial charge in [0.05, 0.1) is 0 Å². The van der Waals surface area contributed by atoms with E-state index in [1.807, 2.05) is 33.9 Å². The first kappa shape index (κ1) is 29.0. The summed E-state index contributed by atoms with van der Waals surface area (Å²) in [6.07, 6.45) is -3.75. The van der Waals surface area contributed by atoms with Gasteiger partial charge in [-0.25, -0.2) is 0 Å². The van der Waals surface area contributed by atoms with Crippen LogP contribution in [0.1, 0.15) is 40.5 Å². The number of allylic oxidation sites excluding steroid dienone is 2. The second kappa shape index (κ2) is 13.0. The van der Waals surface area contributed by atoms with Crippen molar-refractivity contribution in [3.05, 3.63) is 47.6 Å². The fourth-order valence-electron chi connectivity index (χ4n) is 2.78. The van der Waals surface area contributed by atoms with Crippen LogP contribution in [-0.4, -0.2) is 42.2 Å². The highest BCUT2D eigenvalue weighted by molar-refractivity contribution is 7.99. The second-order valence-corrected chi connectivity index (χ2v) is 9.23. The zero-order valence-electron chi connectivity index (χ0n) is 19.6. The van der Waals surface area contributed by atoms with E-state index in [-0.39, 0.29) is 16.6 Å². The van der Waals surface area contributed by atoms with Gasteiger partial charge in [0.25, 0.3) is 5.91 Å². The summed E-state index contributed by atoms with van der Waals surface area (Å²) in [5.41, 5.74) is 7.15. The Morgan fingerprint density at radius 2 is 1.97 bits per heavy atom. The van der Waals surface area contributed by atoms with E-state index in [4.69, 9.17) is 5.73 Å². The van der Waals surface area contributed by atoms with Gasteiger partial charge in [-0.15, -0.1) is 11.8 Å². The van der Waals surface area contributed by atoms with Crippen molar-refractivity contribution in [3.63, 3.8) is 0 Å². The fourth-order valence-corrected chi connectivity index (χ4v) is 3.68. The normalized spacial score (nSPS) is 15.8. The molecular weight excluding hydrogens is 458 g/mol. The summed E-state index contributed by atoms with van der Waals surface area (Å²) in [5, 5.41) is 5.96. The van der Waals surface area contributed by atoms with Gasteiger partial charge >= 0.3 is 12.5 Å². The van der Waals surface area contributed by atoms with E-state index >= 15 is 0 Å². The Morgan fingerprint density at radius 1 is 1.30 bits per heavy atom. The Morgan fingerprint density at radius 3 is 2.52 bits per heavy atom. The minimum Gasteiger partial charge on any atom is -0.428 e. The second-order valence-electron chi connectivity index (χ2n) is 7.75. The van der Waals surface area contributed by atoms with Crippen LogP contribution in [0.5, 0.6) is 5.75 Å². The lowest BCUT2D eigenvalue weighted by Gasteiger charge is -2.30. The minimum absolute atomic E-state index is 0.0520. The summed E-state index contributed by atoms with van der Waals surface area (Å²) in [5.74, 6) is -0.0445. The summed E-state index contributed by atoms with van der Waals surface area (Å²) in [6, 6.07) is 4.95. The highest BCUT2D eigenvalue weighted by atomic mass is 32.2. The maximum absolute atomic E-state index is 13.1. The molecule has 1 amide bonds. The van der Waals surface area contributed by atoms with Crippen LogP contribution in [0, 0.1) is 0 Å². The predicted octanol–water partition coefficient (Wildman–Crippen LogP) is 5.55. The molecule has 0 aliphatic heterocycles. The van der Waals surface area contributed by atoms with Gasteiger partial charge in [0.15, 0.2) is 0 Å². The Bertz CT molecular complexity index is 847. The molecule has 5 nitrogen and oxygen atoms in total. The number of hydrogen-bond acceptors (Lipinski definition) is 5. The molecule has 1 aromatic carbocycles. The van der Waals surface area contributed by atoms with Gasteiger partial charge in [-0.3, -0.25) is 4.79 Å². The van der Waals surface area contributed by atoms with Gasteiger partial charge in [-0.2, -0.15) is 17.6 Å². The van der Waals surface area contributed by atoms with E-state index in [2.05, 4.69) is 22.3 Å². The molecule has 0 aliphatic rings. The summed E-state index contributed by atoms with van der Waals surface area (Å²) < 4.78 is 55.1. The lowest BCUT2D eigenvalue weighted by Crippen LogP contribution is -2.41. The van der Waals surface area contributed by atoms with E-state index in [1.54, 1.807) is 17.8 Å². The van der Waals surface area contributed by atoms with Crippen molar-refractivity contribution in [1.82, 2.24) is 5.32 Å². The first-order valence-electron chi connectivity index (χ1n) is 10.5. The van der Waals surface area contributed by atoms with Crippen LogP contribution in [0.25, 0.3) is 0 Å². The van der Waals surface area contributed by atoms with Crippen LogP contribution in [0.15, 0.2) is 47.6 Å². The summed E-state index contributed by atoms with van der Waals surface area (Å²) in [7, 11) is 1.87. The van der Waals surface area contributed by atoms with Gasteiger partial charge in [0.2, 0.25) is 0 Å². The molecule has 2 atom stereocenters. The molecule has 1 aromatic rings. The lowest BCUT2D eigenvalue weighted by molar-refractivity contribution is -0.253. The quantitative estimate of drug-likeness (QED) is 0.146. The highest BCUT2D eigenvalue weighted by Crippen LogP contribution is 2.29. The molecule has 0 radical (unpaired) electrons. The maximum atomic E-state index is 13.1. The number of likely N-dealkylation sites (N-methyl/N-ethyl adjacent to an activating group) is 1. The van der Waals surface area contributed by atoms with Crippen LogP contribution in [0.2, 0.25) is 0 Å². The van der Waals surface area contributed by atoms with Gasteiger partial charge in [0.1, 0.15) is 5.75 Å². The van der Waals surface area contributed by atoms with Crippen LogP contribution >= 0.6 is 11.8 Å². The molecule has 1 rings (SSSR count). The Labute approximate surface area is 197 Å². The lowest BCUT2D eigenvalue weighted by atomic mass is 9.89. The number of benzene rings is 1. The van der Waals surface area contributed by atoms with Crippen LogP contribution in [0.3, 0.4) is 0 Å². The number of nitrogens with one attached hydrogen (secondary N) is 2. The third-order valence-electron chi connectivity index (χ3n) is 5.21. The average molecular weight is 492 g/mol. The smallest absolute Gasteiger partial charge is 0.428 e. The first-order chi connectivity index (χ1) is 15.3. The van der Waals surface area contributed by atoms with Crippen molar-refractivity contribution in [3.8, 4) is 5.75 Å². The maximum Gasteiger partial charge on any atom is 0.461 e. The highest BCUT2D eigenvalue weighted by Gasteiger charge is 2.44. The van der Waals surface area contributed by atoms with Crippen LogP contribution in [-0.2, 0) is 4.79 Å². The molecule has 0 aliphatic carbocycles. The predicted molar refractivity (Wildman–Crippen MR) is 127 cm³/mol. The molecule has 4 N–H and O–H groups in total. The summed E-state index contributed by atoms with van der Waals surface area (Å²) >= 11 is 1.66. The molecule has 0 aromatic heterocycles. The van der Waals surface area contributed by atoms with E-state index in [1.165, 1.54) is 12.1 Å². The molecule has 0 fully saturated rings. The number of rotatable bonds is 13. The Hall–Kier alpha value is -2.04. The van der Waals surface area contributed by atoms with E-state index in [9.17, 15) is 22.4 Å². The van der Waals surface area contributed by atoms with Crippen molar-refractivity contribution >= 4 is 23.4 Å². The SMILES string of the molecule is CC/C(=C\C=C(/C)C(C)(CCSC(C)N)NC)C(=O)Nc1cccc(OC(F)(F)C(F)F)c1. The zero-order valence-corrected chi connectivity index (χ0v) is 20.4. The first-order valence-corrected chi connectivity index (χ1v) is 11.6. The van der Waals surface area contributed by atoms with Crippen molar-refractivity contribution in [2.75, 3.05) is 18.1 Å². The molecule has 0 bridgehead atoms. The number of alkyl halides is 4. The summed E-state index contributed by atoms with van der Waals surface area (Å²) in [4.78, 5) is 12.7. The van der Waals surface area contributed by atoms with Gasteiger partial charge < -0.3 is 21.1 Å². The van der Waals surface area contributed by atoms with Crippen molar-refractivity contribution in [2.24, 2.45) is 5.73 Å². The van der Waals surface area contributed by atoms with Crippen molar-refractivity contribution in [1.29, 1.82) is 0 Å². The van der Waals surface area contributed by atoms with Crippen molar-refractivity contribution in [2.45, 2.75) is 64.0 Å². The molecule has 0 saturated carbocycles. The monoisotopic (exact) mass is 491 g/mol. The number of nitrogens with two attached hydrogens (primary N) is 1. The van der Waals surface area contributed by atoms with Crippen molar-refractivity contribution < 1.29 is 27.1 Å². The number of carbonyl (C=O) groups is 1. The standard InChI is InChI=1S/C23H33F4N3O2S/c1-6-17(11-10-15(2)22(4,29-5)12-13-33-16(3)28)20(31)30-18-8-7-9-19(14-18)32-23(26,27)21(24)25/h7-11,14,16,21,29H,6,12-13,28H2,1-5H3,(H,30,31)/b15-10+,17-11+. The third-order valence-corrected chi connectivity index (χ3v) is 6.18. The molecule has 0 spiro atoms. The Kier molecular flexibility index (Phi) is 11.4. The van der Waals surface area contributed by atoms with E-state index in [0.717, 1.165) is 29.9 Å². The number of thioether (sulfide) groups is 1. The van der Waals surface area contributed by atoms with Gasteiger partial charge in [-0.05, 0) is 58.5 Å². The van der Waals surface area contributed by atoms with E-state index in [0.29, 0.717) is 12.0 Å². The number of carbonyl (C=O) groups excluding carboxylic acids is 1. The molecule has 10 heteroatoms. The number of ether oxygens (including phenoxy) is 1. The minimum atomic E-state index is -4.62. The number of hydrogen-bond donors (Lipinski definition) is 3. The van der Waals surface area contributed by atoms with Gasteiger partial charge in [-0.1, -0.05) is 30.7 Å². The van der Waals surface area contributed by atoms with Crippen LogP contribution < -0.4 is 21.1 Å². The summed E-state index contributed by atoms with van der Waals surface area (Å²) in [6.45, 7) is 7.79. The number of halogens is 4. The molecule has 0 saturated heterocycles. The molecule has 2 unspecified atom stereocenters. The molecule has 186 valence electrons. The largest absolute Gasteiger partial charge is 0.461 e. The third kappa shape index (κ3) is 9.38. The molecular formula is C23H33F4N3O2S. The van der Waals surface area contributed by atoms with Crippen LogP contribution in [0.4, 0.5) is 23.2 Å². The van der Waals surface area contributed by atoms with Gasteiger partial charge in [0, 0.05) is 28.2 Å². The zero-order chi connectivity index (χ0) is 25.2. The van der Waals surface area contributed by atoms with E-state index < -0.39 is 24.2 Å². The Balaban J connectivity index is 2.95. The molecule has 0 heterocycles.